The normalized spacial score (nSPS) is 28.7. The predicted octanol–water partition coefficient (Wildman–Crippen LogP) is 2.54. The van der Waals surface area contributed by atoms with Crippen LogP contribution in [0.15, 0.2) is 11.6 Å². The topological polar surface area (TPSA) is 49.4 Å². The van der Waals surface area contributed by atoms with Gasteiger partial charge >= 0.3 is 0 Å². The Morgan fingerprint density at radius 3 is 2.67 bits per heavy atom. The third-order valence-electron chi connectivity index (χ3n) is 5.40. The van der Waals surface area contributed by atoms with Crippen molar-refractivity contribution in [1.82, 2.24) is 10.2 Å². The second kappa shape index (κ2) is 5.82. The smallest absolute Gasteiger partial charge is 0.249 e. The van der Waals surface area contributed by atoms with E-state index < -0.39 is 5.54 Å². The summed E-state index contributed by atoms with van der Waals surface area (Å²) in [7, 11) is 0. The lowest BCUT2D eigenvalue weighted by molar-refractivity contribution is -0.155. The molecule has 4 heteroatoms. The van der Waals surface area contributed by atoms with E-state index in [1.165, 1.54) is 24.8 Å². The van der Waals surface area contributed by atoms with Crippen LogP contribution in [0.25, 0.3) is 0 Å². The van der Waals surface area contributed by atoms with Crippen molar-refractivity contribution >= 4 is 11.8 Å². The molecule has 3 aliphatic rings. The van der Waals surface area contributed by atoms with Crippen LogP contribution in [-0.4, -0.2) is 34.8 Å². The summed E-state index contributed by atoms with van der Waals surface area (Å²) in [6.07, 6.45) is 11.7. The van der Waals surface area contributed by atoms with Gasteiger partial charge < -0.3 is 10.2 Å². The monoisotopic (exact) mass is 290 g/mol. The molecule has 2 aliphatic carbocycles. The Morgan fingerprint density at radius 2 is 2.00 bits per heavy atom. The first kappa shape index (κ1) is 14.6. The summed E-state index contributed by atoms with van der Waals surface area (Å²) in [5.41, 5.74) is 0.866. The number of nitrogens with one attached hydrogen (secondary N) is 1. The molecule has 1 atom stereocenters. The first-order valence-electron chi connectivity index (χ1n) is 8.43. The number of hydrogen-bond acceptors (Lipinski definition) is 2. The van der Waals surface area contributed by atoms with Gasteiger partial charge in [0.05, 0.1) is 0 Å². The molecule has 1 N–H and O–H groups in total. The molecule has 1 saturated carbocycles. The number of carbonyl (C=O) groups excluding carboxylic acids is 2. The number of amides is 2. The molecule has 21 heavy (non-hydrogen) atoms. The van der Waals surface area contributed by atoms with Gasteiger partial charge in [-0.1, -0.05) is 30.9 Å². The van der Waals surface area contributed by atoms with Crippen LogP contribution in [0.2, 0.25) is 0 Å². The molecule has 0 aromatic rings. The van der Waals surface area contributed by atoms with E-state index in [0.29, 0.717) is 6.54 Å². The Hall–Kier alpha value is -1.32. The largest absolute Gasteiger partial charge is 0.340 e. The molecule has 3 rings (SSSR count). The Balaban J connectivity index is 1.73. The molecule has 1 aliphatic heterocycles. The van der Waals surface area contributed by atoms with Crippen molar-refractivity contribution in [2.24, 2.45) is 0 Å². The summed E-state index contributed by atoms with van der Waals surface area (Å²) in [4.78, 5) is 27.1. The molecule has 0 aromatic carbocycles. The standard InChI is InChI=1S/C17H26N2O2/c1-13-15(20)18-17(10-5-2-6-11-17)16(21)19(13)12-9-14-7-3-4-8-14/h7,13H,2-6,8-12H2,1H3,(H,18,20). The van der Waals surface area contributed by atoms with Crippen LogP contribution in [0.4, 0.5) is 0 Å². The zero-order valence-electron chi connectivity index (χ0n) is 13.0. The Bertz CT molecular complexity index is 463. The van der Waals surface area contributed by atoms with Gasteiger partial charge in [0.2, 0.25) is 11.8 Å². The maximum atomic E-state index is 13.0. The number of allylic oxidation sites excluding steroid dienone is 1. The van der Waals surface area contributed by atoms with Crippen LogP contribution in [0.5, 0.6) is 0 Å². The van der Waals surface area contributed by atoms with E-state index in [2.05, 4.69) is 11.4 Å². The van der Waals surface area contributed by atoms with Crippen molar-refractivity contribution in [1.29, 1.82) is 0 Å². The van der Waals surface area contributed by atoms with Crippen LogP contribution >= 0.6 is 0 Å². The van der Waals surface area contributed by atoms with Gasteiger partial charge in [-0.15, -0.1) is 0 Å². The Morgan fingerprint density at radius 1 is 1.24 bits per heavy atom. The number of nitrogens with zero attached hydrogens (tertiary/aromatic N) is 1. The van der Waals surface area contributed by atoms with E-state index in [4.69, 9.17) is 0 Å². The van der Waals surface area contributed by atoms with Gasteiger partial charge in [-0.05, 0) is 45.4 Å². The molecule has 4 nitrogen and oxygen atoms in total. The van der Waals surface area contributed by atoms with Crippen molar-refractivity contribution < 1.29 is 9.59 Å². The average molecular weight is 290 g/mol. The molecular formula is C17H26N2O2. The number of hydrogen-bond donors (Lipinski definition) is 1. The second-order valence-corrected chi connectivity index (χ2v) is 6.81. The Kier molecular flexibility index (Phi) is 4.05. The molecule has 2 fully saturated rings. The minimum Gasteiger partial charge on any atom is -0.340 e. The van der Waals surface area contributed by atoms with Gasteiger partial charge in [-0.2, -0.15) is 0 Å². The minimum atomic E-state index is -0.591. The van der Waals surface area contributed by atoms with Crippen LogP contribution in [0, 0.1) is 0 Å². The Labute approximate surface area is 127 Å². The van der Waals surface area contributed by atoms with E-state index in [1.54, 1.807) is 0 Å². The third kappa shape index (κ3) is 2.72. The molecule has 116 valence electrons. The average Bonchev–Trinajstić information content (AvgIpc) is 3.00. The SMILES string of the molecule is CC1C(=O)NC2(CCCCC2)C(=O)N1CCC1=CCCC1. The van der Waals surface area contributed by atoms with E-state index in [-0.39, 0.29) is 17.9 Å². The van der Waals surface area contributed by atoms with E-state index in [9.17, 15) is 9.59 Å². The molecule has 1 saturated heterocycles. The molecule has 1 spiro atoms. The summed E-state index contributed by atoms with van der Waals surface area (Å²) in [5.74, 6) is 0.185. The summed E-state index contributed by atoms with van der Waals surface area (Å²) >= 11 is 0. The lowest BCUT2D eigenvalue weighted by Crippen LogP contribution is -2.70. The van der Waals surface area contributed by atoms with Gasteiger partial charge in [-0.25, -0.2) is 0 Å². The van der Waals surface area contributed by atoms with Gasteiger partial charge in [0.15, 0.2) is 0 Å². The zero-order valence-corrected chi connectivity index (χ0v) is 13.0. The zero-order chi connectivity index (χ0) is 14.9. The summed E-state index contributed by atoms with van der Waals surface area (Å²) in [6.45, 7) is 2.55. The lowest BCUT2D eigenvalue weighted by Gasteiger charge is -2.47. The van der Waals surface area contributed by atoms with Crippen LogP contribution in [0.1, 0.15) is 64.7 Å². The summed E-state index contributed by atoms with van der Waals surface area (Å²) in [5, 5.41) is 3.04. The first-order chi connectivity index (χ1) is 10.1. The molecule has 0 radical (unpaired) electrons. The fourth-order valence-electron chi connectivity index (χ4n) is 4.00. The molecule has 2 amide bonds. The van der Waals surface area contributed by atoms with Gasteiger partial charge in [0, 0.05) is 6.54 Å². The first-order valence-corrected chi connectivity index (χ1v) is 8.43. The van der Waals surface area contributed by atoms with Crippen molar-refractivity contribution in [2.45, 2.75) is 76.3 Å². The van der Waals surface area contributed by atoms with Crippen molar-refractivity contribution in [2.75, 3.05) is 6.54 Å². The molecule has 0 bridgehead atoms. The van der Waals surface area contributed by atoms with Crippen molar-refractivity contribution in [3.63, 3.8) is 0 Å². The molecule has 1 unspecified atom stereocenters. The summed E-state index contributed by atoms with van der Waals surface area (Å²) < 4.78 is 0. The van der Waals surface area contributed by atoms with Crippen LogP contribution in [-0.2, 0) is 9.59 Å². The molecular weight excluding hydrogens is 264 g/mol. The highest BCUT2D eigenvalue weighted by atomic mass is 16.2. The van der Waals surface area contributed by atoms with E-state index in [1.807, 2.05) is 11.8 Å². The fraction of sp³-hybridized carbons (Fsp3) is 0.765. The van der Waals surface area contributed by atoms with Crippen LogP contribution < -0.4 is 5.32 Å². The fourth-order valence-corrected chi connectivity index (χ4v) is 4.00. The lowest BCUT2D eigenvalue weighted by atomic mass is 9.78. The predicted molar refractivity (Wildman–Crippen MR) is 81.7 cm³/mol. The molecule has 0 aromatic heterocycles. The minimum absolute atomic E-state index is 0.0249. The molecule has 1 heterocycles. The quantitative estimate of drug-likeness (QED) is 0.812. The van der Waals surface area contributed by atoms with E-state index >= 15 is 0 Å². The third-order valence-corrected chi connectivity index (χ3v) is 5.40. The highest BCUT2D eigenvalue weighted by Gasteiger charge is 2.49. The van der Waals surface area contributed by atoms with Crippen molar-refractivity contribution in [3.05, 3.63) is 11.6 Å². The number of carbonyl (C=O) groups is 2. The maximum absolute atomic E-state index is 13.0. The highest BCUT2D eigenvalue weighted by molar-refractivity contribution is 5.99. The van der Waals surface area contributed by atoms with E-state index in [0.717, 1.165) is 38.5 Å². The van der Waals surface area contributed by atoms with Gasteiger partial charge in [0.1, 0.15) is 11.6 Å². The highest BCUT2D eigenvalue weighted by Crippen LogP contribution is 2.33. The van der Waals surface area contributed by atoms with Gasteiger partial charge in [0.25, 0.3) is 0 Å². The number of rotatable bonds is 3. The maximum Gasteiger partial charge on any atom is 0.249 e. The second-order valence-electron chi connectivity index (χ2n) is 6.81. The van der Waals surface area contributed by atoms with Crippen molar-refractivity contribution in [3.8, 4) is 0 Å². The summed E-state index contributed by atoms with van der Waals surface area (Å²) in [6, 6.07) is -0.327. The number of piperazine rings is 1. The van der Waals surface area contributed by atoms with Gasteiger partial charge in [-0.3, -0.25) is 9.59 Å². The van der Waals surface area contributed by atoms with Crippen LogP contribution in [0.3, 0.4) is 0 Å².